The summed E-state index contributed by atoms with van der Waals surface area (Å²) in [6, 6.07) is 0. The van der Waals surface area contributed by atoms with Crippen LogP contribution in [-0.2, 0) is 4.74 Å². The Morgan fingerprint density at radius 2 is 1.55 bits per heavy atom. The molecule has 0 N–H and O–H groups in total. The highest BCUT2D eigenvalue weighted by atomic mass is 16.5. The summed E-state index contributed by atoms with van der Waals surface area (Å²) in [7, 11) is 0. The van der Waals surface area contributed by atoms with E-state index in [9.17, 15) is 0 Å². The number of rotatable bonds is 5. The lowest BCUT2D eigenvalue weighted by atomic mass is 9.80. The van der Waals surface area contributed by atoms with Gasteiger partial charge in [-0.3, -0.25) is 0 Å². The van der Waals surface area contributed by atoms with Crippen LogP contribution in [-0.4, -0.2) is 11.2 Å². The van der Waals surface area contributed by atoms with Crippen LogP contribution in [0.2, 0.25) is 0 Å². The van der Waals surface area contributed by atoms with E-state index in [2.05, 4.69) is 53.7 Å². The molecule has 20 heavy (non-hydrogen) atoms. The average molecular weight is 280 g/mol. The second-order valence-electron chi connectivity index (χ2n) is 8.62. The maximum absolute atomic E-state index is 6.49. The standard InChI is InChI=1S/C19H36O/c1-17(2,3)13-9-7-10-14-19(20-18(4,5)6)15-11-8-12-16-19/h9,13H,7-8,10-12,14-16H2,1-6H3. The van der Waals surface area contributed by atoms with Gasteiger partial charge in [0.1, 0.15) is 0 Å². The molecule has 118 valence electrons. The summed E-state index contributed by atoms with van der Waals surface area (Å²) in [4.78, 5) is 0. The van der Waals surface area contributed by atoms with E-state index in [0.29, 0.717) is 5.41 Å². The maximum atomic E-state index is 6.49. The molecular formula is C19H36O. The first kappa shape index (κ1) is 17.8. The van der Waals surface area contributed by atoms with Crippen molar-refractivity contribution >= 4 is 0 Å². The minimum absolute atomic E-state index is 0.0153. The van der Waals surface area contributed by atoms with Crippen molar-refractivity contribution in [2.24, 2.45) is 5.41 Å². The quantitative estimate of drug-likeness (QED) is 0.425. The Balaban J connectivity index is 2.47. The molecule has 0 unspecified atom stereocenters. The van der Waals surface area contributed by atoms with Gasteiger partial charge in [0, 0.05) is 0 Å². The summed E-state index contributed by atoms with van der Waals surface area (Å²) < 4.78 is 6.49. The van der Waals surface area contributed by atoms with Crippen molar-refractivity contribution in [3.8, 4) is 0 Å². The van der Waals surface area contributed by atoms with Gasteiger partial charge in [-0.1, -0.05) is 52.2 Å². The molecule has 1 heteroatoms. The first-order valence-corrected chi connectivity index (χ1v) is 8.50. The van der Waals surface area contributed by atoms with Gasteiger partial charge >= 0.3 is 0 Å². The molecular weight excluding hydrogens is 244 g/mol. The van der Waals surface area contributed by atoms with Crippen LogP contribution in [0, 0.1) is 5.41 Å². The van der Waals surface area contributed by atoms with Gasteiger partial charge in [0.05, 0.1) is 11.2 Å². The van der Waals surface area contributed by atoms with Crippen LogP contribution >= 0.6 is 0 Å². The zero-order valence-electron chi connectivity index (χ0n) is 14.7. The number of ether oxygens (including phenoxy) is 1. The van der Waals surface area contributed by atoms with Crippen LogP contribution in [0.3, 0.4) is 0 Å². The highest BCUT2D eigenvalue weighted by Gasteiger charge is 2.35. The van der Waals surface area contributed by atoms with Crippen LogP contribution in [0.1, 0.15) is 92.9 Å². The zero-order chi connectivity index (χ0) is 15.3. The lowest BCUT2D eigenvalue weighted by molar-refractivity contribution is -0.152. The normalized spacial score (nSPS) is 20.5. The Morgan fingerprint density at radius 3 is 2.05 bits per heavy atom. The Hall–Kier alpha value is -0.300. The predicted molar refractivity (Wildman–Crippen MR) is 89.1 cm³/mol. The summed E-state index contributed by atoms with van der Waals surface area (Å²) in [6.45, 7) is 13.4. The van der Waals surface area contributed by atoms with Gasteiger partial charge in [-0.05, 0) is 58.3 Å². The van der Waals surface area contributed by atoms with Crippen molar-refractivity contribution in [3.05, 3.63) is 12.2 Å². The van der Waals surface area contributed by atoms with Crippen molar-refractivity contribution in [3.63, 3.8) is 0 Å². The van der Waals surface area contributed by atoms with E-state index < -0.39 is 0 Å². The molecule has 0 heterocycles. The van der Waals surface area contributed by atoms with Gasteiger partial charge in [0.15, 0.2) is 0 Å². The predicted octanol–water partition coefficient (Wildman–Crippen LogP) is 6.28. The van der Waals surface area contributed by atoms with Gasteiger partial charge < -0.3 is 4.74 Å². The monoisotopic (exact) mass is 280 g/mol. The molecule has 1 rings (SSSR count). The minimum atomic E-state index is -0.0153. The third-order valence-electron chi connectivity index (χ3n) is 3.91. The highest BCUT2D eigenvalue weighted by molar-refractivity contribution is 4.93. The lowest BCUT2D eigenvalue weighted by Crippen LogP contribution is -2.41. The van der Waals surface area contributed by atoms with E-state index >= 15 is 0 Å². The molecule has 1 nitrogen and oxygen atoms in total. The highest BCUT2D eigenvalue weighted by Crippen LogP contribution is 2.38. The maximum Gasteiger partial charge on any atom is 0.0689 e. The first-order chi connectivity index (χ1) is 9.12. The fourth-order valence-corrected chi connectivity index (χ4v) is 3.23. The molecule has 1 fully saturated rings. The second-order valence-corrected chi connectivity index (χ2v) is 8.62. The van der Waals surface area contributed by atoms with Crippen molar-refractivity contribution < 1.29 is 4.74 Å². The molecule has 0 aromatic carbocycles. The smallest absolute Gasteiger partial charge is 0.0689 e. The summed E-state index contributed by atoms with van der Waals surface area (Å²) in [5.41, 5.74) is 0.453. The molecule has 1 saturated carbocycles. The summed E-state index contributed by atoms with van der Waals surface area (Å²) in [5, 5.41) is 0. The molecule has 0 atom stereocenters. The molecule has 1 aliphatic rings. The number of allylic oxidation sites excluding steroid dienone is 2. The Labute approximate surface area is 127 Å². The third kappa shape index (κ3) is 7.47. The molecule has 0 radical (unpaired) electrons. The van der Waals surface area contributed by atoms with Gasteiger partial charge in [-0.25, -0.2) is 0 Å². The van der Waals surface area contributed by atoms with Gasteiger partial charge in [0.25, 0.3) is 0 Å². The van der Waals surface area contributed by atoms with E-state index in [1.807, 2.05) is 0 Å². The lowest BCUT2D eigenvalue weighted by Gasteiger charge is -2.42. The molecule has 0 amide bonds. The van der Waals surface area contributed by atoms with Crippen LogP contribution in [0.15, 0.2) is 12.2 Å². The molecule has 0 aliphatic heterocycles. The van der Waals surface area contributed by atoms with Crippen LogP contribution in [0.4, 0.5) is 0 Å². The fourth-order valence-electron chi connectivity index (χ4n) is 3.23. The Kier molecular flexibility index (Phi) is 6.31. The summed E-state index contributed by atoms with van der Waals surface area (Å²) in [5.74, 6) is 0. The van der Waals surface area contributed by atoms with Crippen molar-refractivity contribution in [1.29, 1.82) is 0 Å². The molecule has 0 bridgehead atoms. The molecule has 0 spiro atoms. The van der Waals surface area contributed by atoms with E-state index in [1.54, 1.807) is 0 Å². The first-order valence-electron chi connectivity index (χ1n) is 8.50. The van der Waals surface area contributed by atoms with E-state index in [4.69, 9.17) is 4.74 Å². The topological polar surface area (TPSA) is 9.23 Å². The molecule has 0 saturated heterocycles. The third-order valence-corrected chi connectivity index (χ3v) is 3.91. The fraction of sp³-hybridized carbons (Fsp3) is 0.895. The van der Waals surface area contributed by atoms with Gasteiger partial charge in [-0.15, -0.1) is 0 Å². The van der Waals surface area contributed by atoms with Crippen molar-refractivity contribution in [2.45, 2.75) is 104 Å². The number of hydrogen-bond donors (Lipinski definition) is 0. The Morgan fingerprint density at radius 1 is 0.950 bits per heavy atom. The van der Waals surface area contributed by atoms with Gasteiger partial charge in [0.2, 0.25) is 0 Å². The zero-order valence-corrected chi connectivity index (χ0v) is 14.7. The Bertz CT molecular complexity index is 295. The van der Waals surface area contributed by atoms with Crippen molar-refractivity contribution in [2.75, 3.05) is 0 Å². The SMILES string of the molecule is CC(C)(C)C=CCCCC1(OC(C)(C)C)CCCCC1. The summed E-state index contributed by atoms with van der Waals surface area (Å²) >= 11 is 0. The molecule has 1 aliphatic carbocycles. The van der Waals surface area contributed by atoms with Gasteiger partial charge in [-0.2, -0.15) is 0 Å². The largest absolute Gasteiger partial charge is 0.369 e. The van der Waals surface area contributed by atoms with Crippen molar-refractivity contribution in [1.82, 2.24) is 0 Å². The number of unbranched alkanes of at least 4 members (excludes halogenated alkanes) is 1. The van der Waals surface area contributed by atoms with E-state index in [0.717, 1.165) is 0 Å². The van der Waals surface area contributed by atoms with Crippen LogP contribution in [0.5, 0.6) is 0 Å². The second kappa shape index (κ2) is 7.11. The average Bonchev–Trinajstić information content (AvgIpc) is 2.25. The van der Waals surface area contributed by atoms with E-state index in [-0.39, 0.29) is 11.2 Å². The number of hydrogen-bond acceptors (Lipinski definition) is 1. The molecule has 0 aromatic rings. The van der Waals surface area contributed by atoms with E-state index in [1.165, 1.54) is 51.4 Å². The van der Waals surface area contributed by atoms with Crippen LogP contribution < -0.4 is 0 Å². The van der Waals surface area contributed by atoms with Crippen LogP contribution in [0.25, 0.3) is 0 Å². The summed E-state index contributed by atoms with van der Waals surface area (Å²) in [6.07, 6.45) is 14.9. The molecule has 0 aromatic heterocycles. The minimum Gasteiger partial charge on any atom is -0.369 e.